The summed E-state index contributed by atoms with van der Waals surface area (Å²) < 4.78 is 28.1. The molecule has 0 heterocycles. The first-order valence-electron chi connectivity index (χ1n) is 6.85. The summed E-state index contributed by atoms with van der Waals surface area (Å²) in [5.41, 5.74) is 0.232. The fourth-order valence-corrected chi connectivity index (χ4v) is 2.67. The lowest BCUT2D eigenvalue weighted by atomic mass is 10.0. The van der Waals surface area contributed by atoms with Gasteiger partial charge >= 0.3 is 0 Å². The Labute approximate surface area is 135 Å². The van der Waals surface area contributed by atoms with Crippen molar-refractivity contribution in [2.45, 2.75) is 31.7 Å². The maximum atomic E-state index is 12.3. The van der Waals surface area contributed by atoms with Crippen molar-refractivity contribution in [3.63, 3.8) is 0 Å². The molecular weight excluding hydrogens is 322 g/mol. The maximum absolute atomic E-state index is 12.3. The fourth-order valence-electron chi connectivity index (χ4n) is 1.95. The quantitative estimate of drug-likeness (QED) is 0.690. The molecule has 0 aliphatic rings. The van der Waals surface area contributed by atoms with Crippen molar-refractivity contribution >= 4 is 27.5 Å². The minimum absolute atomic E-state index is 0.0766. The molecule has 8 nitrogen and oxygen atoms in total. The van der Waals surface area contributed by atoms with Gasteiger partial charge < -0.3 is 15.4 Å². The van der Waals surface area contributed by atoms with Crippen molar-refractivity contribution in [3.05, 3.63) is 18.2 Å². The number of hydrogen-bond acceptors (Lipinski definition) is 5. The minimum Gasteiger partial charge on any atom is -0.495 e. The van der Waals surface area contributed by atoms with Crippen LogP contribution in [0.25, 0.3) is 0 Å². The number of carbonyl (C=O) groups is 2. The lowest BCUT2D eigenvalue weighted by Gasteiger charge is -2.21. The lowest BCUT2D eigenvalue weighted by molar-refractivity contribution is -0.126. The number of ether oxygens (including phenoxy) is 1. The van der Waals surface area contributed by atoms with Gasteiger partial charge in [-0.2, -0.15) is 0 Å². The van der Waals surface area contributed by atoms with Crippen LogP contribution in [-0.2, 0) is 19.6 Å². The maximum Gasteiger partial charge on any atom is 0.247 e. The number of rotatable bonds is 6. The number of nitrogens with one attached hydrogen (secondary N) is 2. The Bertz CT molecular complexity index is 700. The van der Waals surface area contributed by atoms with Gasteiger partial charge in [0.05, 0.1) is 7.11 Å². The predicted molar refractivity (Wildman–Crippen MR) is 85.4 cm³/mol. The van der Waals surface area contributed by atoms with Crippen molar-refractivity contribution in [1.82, 2.24) is 5.32 Å². The van der Waals surface area contributed by atoms with Crippen LogP contribution in [0.4, 0.5) is 5.69 Å². The number of primary sulfonamides is 1. The van der Waals surface area contributed by atoms with Crippen LogP contribution in [0.15, 0.2) is 23.1 Å². The first kappa shape index (κ1) is 18.9. The predicted octanol–water partition coefficient (Wildman–Crippen LogP) is 0.442. The third-order valence-electron chi connectivity index (χ3n) is 3.05. The molecule has 0 saturated heterocycles. The molecular formula is C14H21N3O5S. The van der Waals surface area contributed by atoms with Crippen molar-refractivity contribution in [1.29, 1.82) is 0 Å². The third-order valence-corrected chi connectivity index (χ3v) is 3.98. The zero-order valence-corrected chi connectivity index (χ0v) is 14.2. The second kappa shape index (κ2) is 7.42. The first-order chi connectivity index (χ1) is 10.6. The summed E-state index contributed by atoms with van der Waals surface area (Å²) in [7, 11) is -2.69. The number of amides is 2. The Morgan fingerprint density at radius 2 is 1.87 bits per heavy atom. The second-order valence-corrected chi connectivity index (χ2v) is 6.85. The van der Waals surface area contributed by atoms with Crippen molar-refractivity contribution < 1.29 is 22.7 Å². The highest BCUT2D eigenvalue weighted by Gasteiger charge is 2.24. The zero-order valence-electron chi connectivity index (χ0n) is 13.4. The number of carbonyl (C=O) groups excluding carboxylic acids is 2. The van der Waals surface area contributed by atoms with E-state index in [2.05, 4.69) is 10.6 Å². The Hall–Kier alpha value is -2.13. The van der Waals surface area contributed by atoms with Crippen LogP contribution in [0.2, 0.25) is 0 Å². The van der Waals surface area contributed by atoms with Gasteiger partial charge in [0, 0.05) is 12.6 Å². The topological polar surface area (TPSA) is 128 Å². The number of methoxy groups -OCH3 is 1. The molecule has 0 spiro atoms. The molecule has 128 valence electrons. The van der Waals surface area contributed by atoms with E-state index in [9.17, 15) is 18.0 Å². The van der Waals surface area contributed by atoms with Crippen LogP contribution >= 0.6 is 0 Å². The van der Waals surface area contributed by atoms with Crippen LogP contribution in [0, 0.1) is 5.92 Å². The summed E-state index contributed by atoms with van der Waals surface area (Å²) in [6.07, 6.45) is 0. The average molecular weight is 343 g/mol. The van der Waals surface area contributed by atoms with Gasteiger partial charge in [0.1, 0.15) is 16.7 Å². The summed E-state index contributed by atoms with van der Waals surface area (Å²) >= 11 is 0. The normalized spacial score (nSPS) is 12.6. The molecule has 1 rings (SSSR count). The van der Waals surface area contributed by atoms with Crippen molar-refractivity contribution in [2.24, 2.45) is 11.1 Å². The van der Waals surface area contributed by atoms with Crippen LogP contribution in [0.3, 0.4) is 0 Å². The number of nitrogens with two attached hydrogens (primary N) is 1. The monoisotopic (exact) mass is 343 g/mol. The Balaban J connectivity index is 3.09. The lowest BCUT2D eigenvalue weighted by Crippen LogP contribution is -2.46. The largest absolute Gasteiger partial charge is 0.495 e. The molecule has 9 heteroatoms. The van der Waals surface area contributed by atoms with Gasteiger partial charge in [-0.3, -0.25) is 9.59 Å². The average Bonchev–Trinajstić information content (AvgIpc) is 2.43. The molecule has 1 unspecified atom stereocenters. The van der Waals surface area contributed by atoms with E-state index in [1.54, 1.807) is 13.8 Å². The molecule has 0 aromatic heterocycles. The molecule has 1 aromatic rings. The SMILES string of the molecule is COc1ccc(NC(=O)C(NC(C)=O)C(C)C)cc1S(N)(=O)=O. The standard InChI is InChI=1S/C14H21N3O5S/c1-8(2)13(16-9(3)18)14(19)17-10-5-6-11(22-4)12(7-10)23(15,20)21/h5-8,13H,1-4H3,(H,16,18)(H,17,19)(H2,15,20,21). The van der Waals surface area contributed by atoms with Gasteiger partial charge in [-0.05, 0) is 24.1 Å². The van der Waals surface area contributed by atoms with Gasteiger partial charge in [0.2, 0.25) is 21.8 Å². The second-order valence-electron chi connectivity index (χ2n) is 5.32. The van der Waals surface area contributed by atoms with Gasteiger partial charge in [0.25, 0.3) is 0 Å². The van der Waals surface area contributed by atoms with Crippen molar-refractivity contribution in [3.8, 4) is 5.75 Å². The fraction of sp³-hybridized carbons (Fsp3) is 0.429. The summed E-state index contributed by atoms with van der Waals surface area (Å²) in [5.74, 6) is -0.859. The highest BCUT2D eigenvalue weighted by Crippen LogP contribution is 2.26. The molecule has 1 atom stereocenters. The first-order valence-corrected chi connectivity index (χ1v) is 8.39. The highest BCUT2D eigenvalue weighted by atomic mass is 32.2. The molecule has 1 aromatic carbocycles. The van der Waals surface area contributed by atoms with E-state index in [1.807, 2.05) is 0 Å². The van der Waals surface area contributed by atoms with E-state index in [1.165, 1.54) is 32.2 Å². The van der Waals surface area contributed by atoms with Gasteiger partial charge in [-0.15, -0.1) is 0 Å². The molecule has 4 N–H and O–H groups in total. The van der Waals surface area contributed by atoms with E-state index in [0.29, 0.717) is 0 Å². The van der Waals surface area contributed by atoms with Crippen LogP contribution < -0.4 is 20.5 Å². The molecule has 2 amide bonds. The molecule has 0 fully saturated rings. The van der Waals surface area contributed by atoms with E-state index in [0.717, 1.165) is 0 Å². The van der Waals surface area contributed by atoms with Gasteiger partial charge in [-0.25, -0.2) is 13.6 Å². The summed E-state index contributed by atoms with van der Waals surface area (Å²) in [4.78, 5) is 23.2. The van der Waals surface area contributed by atoms with Crippen LogP contribution in [0.1, 0.15) is 20.8 Å². The zero-order chi connectivity index (χ0) is 17.8. The van der Waals surface area contributed by atoms with E-state index < -0.39 is 22.0 Å². The summed E-state index contributed by atoms with van der Waals surface area (Å²) in [6.45, 7) is 4.88. The Morgan fingerprint density at radius 1 is 1.26 bits per heavy atom. The molecule has 0 bridgehead atoms. The smallest absolute Gasteiger partial charge is 0.247 e. The minimum atomic E-state index is -4.01. The Morgan fingerprint density at radius 3 is 2.30 bits per heavy atom. The molecule has 0 radical (unpaired) electrons. The van der Waals surface area contributed by atoms with Gasteiger partial charge in [0.15, 0.2) is 0 Å². The molecule has 0 aliphatic carbocycles. The van der Waals surface area contributed by atoms with E-state index >= 15 is 0 Å². The summed E-state index contributed by atoms with van der Waals surface area (Å²) in [5, 5.41) is 10.2. The van der Waals surface area contributed by atoms with Crippen LogP contribution in [0.5, 0.6) is 5.75 Å². The molecule has 23 heavy (non-hydrogen) atoms. The van der Waals surface area contributed by atoms with Crippen LogP contribution in [-0.4, -0.2) is 33.4 Å². The third kappa shape index (κ3) is 5.22. The highest BCUT2D eigenvalue weighted by molar-refractivity contribution is 7.89. The number of hydrogen-bond donors (Lipinski definition) is 3. The molecule has 0 aliphatic heterocycles. The van der Waals surface area contributed by atoms with Crippen molar-refractivity contribution in [2.75, 3.05) is 12.4 Å². The number of benzene rings is 1. The van der Waals surface area contributed by atoms with E-state index in [-0.39, 0.29) is 28.2 Å². The van der Waals surface area contributed by atoms with E-state index in [4.69, 9.17) is 9.88 Å². The summed E-state index contributed by atoms with van der Waals surface area (Å²) in [6, 6.07) is 3.33. The number of anilines is 1. The Kier molecular flexibility index (Phi) is 6.11. The number of sulfonamides is 1. The van der Waals surface area contributed by atoms with Gasteiger partial charge in [-0.1, -0.05) is 13.8 Å². The molecule has 0 saturated carbocycles.